The highest BCUT2D eigenvalue weighted by Gasteiger charge is 2.34. The van der Waals surface area contributed by atoms with Gasteiger partial charge in [0, 0.05) is 24.2 Å². The van der Waals surface area contributed by atoms with Crippen LogP contribution in [0.3, 0.4) is 0 Å². The van der Waals surface area contributed by atoms with Gasteiger partial charge in [-0.3, -0.25) is 4.72 Å². The SMILES string of the molecule is C.CCOC(=O)c1ccc(-c2ccc(OCC(C)NCC(O[Si](CC)(CC)CC)c3ccc4cc3NS(=O)(=O)c3cccc(c3)CO4)cc2)cc1. The molecule has 51 heavy (non-hydrogen) atoms. The molecule has 0 fully saturated rings. The second kappa shape index (κ2) is 17.9. The van der Waals surface area contributed by atoms with Crippen molar-refractivity contribution in [1.82, 2.24) is 5.32 Å². The van der Waals surface area contributed by atoms with Crippen LogP contribution in [0, 0.1) is 0 Å². The van der Waals surface area contributed by atoms with Crippen LogP contribution in [0.2, 0.25) is 18.1 Å². The Balaban J connectivity index is 0.00000583. The van der Waals surface area contributed by atoms with Crippen LogP contribution in [0.25, 0.3) is 11.1 Å². The first-order chi connectivity index (χ1) is 24.1. The lowest BCUT2D eigenvalue weighted by atomic mass is 10.0. The summed E-state index contributed by atoms with van der Waals surface area (Å²) in [5, 5.41) is 3.59. The first kappa shape index (κ1) is 39.6. The Morgan fingerprint density at radius 1 is 0.902 bits per heavy atom. The highest BCUT2D eigenvalue weighted by Crippen LogP contribution is 2.36. The maximum Gasteiger partial charge on any atom is 0.338 e. The van der Waals surface area contributed by atoms with Crippen molar-refractivity contribution in [3.8, 4) is 22.6 Å². The van der Waals surface area contributed by atoms with Gasteiger partial charge < -0.3 is 24.0 Å². The largest absolute Gasteiger partial charge is 0.492 e. The molecule has 274 valence electrons. The summed E-state index contributed by atoms with van der Waals surface area (Å²) >= 11 is 0. The molecule has 0 saturated carbocycles. The zero-order valence-corrected chi connectivity index (χ0v) is 31.3. The Morgan fingerprint density at radius 2 is 1.57 bits per heavy atom. The Kier molecular flexibility index (Phi) is 13.9. The van der Waals surface area contributed by atoms with E-state index in [4.69, 9.17) is 18.6 Å². The molecular formula is C40H52N2O7SSi. The number of hydrogen-bond donors (Lipinski definition) is 2. The third-order valence-corrected chi connectivity index (χ3v) is 15.3. The maximum atomic E-state index is 13.5. The monoisotopic (exact) mass is 732 g/mol. The summed E-state index contributed by atoms with van der Waals surface area (Å²) in [6, 6.07) is 30.4. The zero-order valence-electron chi connectivity index (χ0n) is 29.5. The number of carbonyl (C=O) groups is 1. The Morgan fingerprint density at radius 3 is 2.22 bits per heavy atom. The minimum atomic E-state index is -3.84. The van der Waals surface area contributed by atoms with Crippen LogP contribution >= 0.6 is 0 Å². The number of ether oxygens (including phenoxy) is 3. The predicted molar refractivity (Wildman–Crippen MR) is 207 cm³/mol. The normalized spacial score (nSPS) is 14.5. The van der Waals surface area contributed by atoms with Gasteiger partial charge in [-0.2, -0.15) is 0 Å². The molecule has 4 aromatic rings. The third-order valence-electron chi connectivity index (χ3n) is 9.29. The molecular weight excluding hydrogens is 681 g/mol. The van der Waals surface area contributed by atoms with E-state index >= 15 is 0 Å². The average molecular weight is 733 g/mol. The van der Waals surface area contributed by atoms with E-state index < -0.39 is 24.4 Å². The average Bonchev–Trinajstić information content (AvgIpc) is 3.14. The molecule has 0 amide bonds. The molecule has 11 heteroatoms. The van der Waals surface area contributed by atoms with Crippen molar-refractivity contribution in [3.05, 3.63) is 108 Å². The summed E-state index contributed by atoms with van der Waals surface area (Å²) in [5.74, 6) is 0.993. The quantitative estimate of drug-likeness (QED) is 0.0921. The lowest BCUT2D eigenvalue weighted by Crippen LogP contribution is -2.42. The number of fused-ring (bicyclic) bond motifs is 4. The fourth-order valence-corrected chi connectivity index (χ4v) is 9.99. The van der Waals surface area contributed by atoms with E-state index in [2.05, 4.69) is 37.7 Å². The van der Waals surface area contributed by atoms with Gasteiger partial charge >= 0.3 is 5.97 Å². The highest BCUT2D eigenvalue weighted by atomic mass is 32.2. The minimum absolute atomic E-state index is 0. The van der Waals surface area contributed by atoms with Crippen molar-refractivity contribution >= 4 is 30.0 Å². The van der Waals surface area contributed by atoms with E-state index in [0.29, 0.717) is 36.8 Å². The van der Waals surface area contributed by atoms with Crippen molar-refractivity contribution in [1.29, 1.82) is 0 Å². The first-order valence-electron chi connectivity index (χ1n) is 17.4. The van der Waals surface area contributed by atoms with E-state index in [1.54, 1.807) is 43.3 Å². The number of benzene rings is 4. The van der Waals surface area contributed by atoms with Gasteiger partial charge in [0.1, 0.15) is 24.7 Å². The summed E-state index contributed by atoms with van der Waals surface area (Å²) in [6.07, 6.45) is -0.403. The second-order valence-corrected chi connectivity index (χ2v) is 19.0. The van der Waals surface area contributed by atoms with Gasteiger partial charge in [-0.05, 0) is 91.1 Å². The molecule has 2 atom stereocenters. The van der Waals surface area contributed by atoms with Crippen LogP contribution in [0.5, 0.6) is 11.5 Å². The number of hydrogen-bond acceptors (Lipinski definition) is 8. The molecule has 0 radical (unpaired) electrons. The van der Waals surface area contributed by atoms with E-state index in [9.17, 15) is 13.2 Å². The van der Waals surface area contributed by atoms with E-state index in [1.165, 1.54) is 0 Å². The van der Waals surface area contributed by atoms with Gasteiger partial charge in [0.25, 0.3) is 10.0 Å². The first-order valence-corrected chi connectivity index (χ1v) is 21.4. The molecule has 2 unspecified atom stereocenters. The van der Waals surface area contributed by atoms with Crippen LogP contribution < -0.4 is 19.5 Å². The van der Waals surface area contributed by atoms with Crippen LogP contribution in [-0.4, -0.2) is 48.5 Å². The third kappa shape index (κ3) is 10.0. The smallest absolute Gasteiger partial charge is 0.338 e. The van der Waals surface area contributed by atoms with Gasteiger partial charge in [0.2, 0.25) is 0 Å². The van der Waals surface area contributed by atoms with Crippen molar-refractivity contribution in [2.45, 2.75) is 83.8 Å². The summed E-state index contributed by atoms with van der Waals surface area (Å²) < 4.78 is 54.2. The zero-order chi connectivity index (χ0) is 35.7. The number of rotatable bonds is 15. The molecule has 4 bridgehead atoms. The summed E-state index contributed by atoms with van der Waals surface area (Å²) in [5.41, 5.74) is 4.52. The fraction of sp³-hybridized carbons (Fsp3) is 0.375. The molecule has 0 aromatic heterocycles. The molecule has 1 heterocycles. The lowest BCUT2D eigenvalue weighted by molar-refractivity contribution is 0.0526. The van der Waals surface area contributed by atoms with Gasteiger partial charge in [0.05, 0.1) is 28.9 Å². The second-order valence-electron chi connectivity index (χ2n) is 12.6. The van der Waals surface area contributed by atoms with E-state index in [-0.39, 0.29) is 30.9 Å². The van der Waals surface area contributed by atoms with Gasteiger partial charge in [0.15, 0.2) is 8.32 Å². The Hall–Kier alpha value is -4.16. The number of carbonyl (C=O) groups excluding carboxylic acids is 1. The van der Waals surface area contributed by atoms with Crippen LogP contribution in [-0.2, 0) is 25.8 Å². The molecule has 2 N–H and O–H groups in total. The maximum absolute atomic E-state index is 13.5. The van der Waals surface area contributed by atoms with Crippen LogP contribution in [0.4, 0.5) is 5.69 Å². The molecule has 9 nitrogen and oxygen atoms in total. The van der Waals surface area contributed by atoms with Crippen molar-refractivity contribution in [3.63, 3.8) is 0 Å². The lowest BCUT2D eigenvalue weighted by Gasteiger charge is -2.35. The van der Waals surface area contributed by atoms with Gasteiger partial charge in [-0.1, -0.05) is 70.7 Å². The standard InChI is InChI=1S/C39H48N2O7SSi.CH4/c1-6-45-39(42)32-15-13-30(14-16-32)31-17-19-33(20-18-31)46-26-28(5)40-25-38(48-50(7-2,8-3)9-4)36-22-21-34-24-37(36)41-49(43,44)35-12-10-11-29(23-35)27-47-34;/h10-24,28,38,40-41H,6-9,25-27H2,1-5H3;1H4. The topological polar surface area (TPSA) is 112 Å². The number of anilines is 1. The summed E-state index contributed by atoms with van der Waals surface area (Å²) in [4.78, 5) is 12.2. The van der Waals surface area contributed by atoms with Crippen molar-refractivity contribution in [2.24, 2.45) is 0 Å². The molecule has 1 aliphatic rings. The van der Waals surface area contributed by atoms with Crippen LogP contribution in [0.15, 0.2) is 95.9 Å². The Bertz CT molecular complexity index is 1840. The predicted octanol–water partition coefficient (Wildman–Crippen LogP) is 8.98. The van der Waals surface area contributed by atoms with Gasteiger partial charge in [-0.25, -0.2) is 13.2 Å². The Labute approximate surface area is 304 Å². The van der Waals surface area contributed by atoms with Crippen LogP contribution in [0.1, 0.15) is 69.6 Å². The van der Waals surface area contributed by atoms with Crippen molar-refractivity contribution < 1.29 is 31.8 Å². The summed E-state index contributed by atoms with van der Waals surface area (Å²) in [7, 11) is -5.96. The molecule has 5 rings (SSSR count). The molecule has 0 spiro atoms. The fourth-order valence-electron chi connectivity index (χ4n) is 6.03. The van der Waals surface area contributed by atoms with E-state index in [0.717, 1.165) is 46.1 Å². The summed E-state index contributed by atoms with van der Waals surface area (Å²) in [6.45, 7) is 11.9. The number of esters is 1. The van der Waals surface area contributed by atoms with Crippen molar-refractivity contribution in [2.75, 3.05) is 24.5 Å². The number of nitrogens with one attached hydrogen (secondary N) is 2. The van der Waals surface area contributed by atoms with E-state index in [1.807, 2.05) is 54.6 Å². The minimum Gasteiger partial charge on any atom is -0.492 e. The molecule has 4 aromatic carbocycles. The van der Waals surface area contributed by atoms with Gasteiger partial charge in [-0.15, -0.1) is 0 Å². The molecule has 0 aliphatic carbocycles. The molecule has 1 aliphatic heterocycles. The number of sulfonamides is 1. The molecule has 0 saturated heterocycles. The highest BCUT2D eigenvalue weighted by molar-refractivity contribution is 7.92.